The predicted molar refractivity (Wildman–Crippen MR) is 105 cm³/mol. The first-order valence-electron chi connectivity index (χ1n) is 9.05. The standard InChI is InChI=1S/C19H18N4O5S/c1-28-19(27)22-9-8-13-14(10-22)29-18(20-13)21-17(26)11-2-4-12(5-3-11)23-15(24)6-7-16(23)25/h2-5H,6-10H2,1H3,(H,20,21,26). The van der Waals surface area contributed by atoms with Crippen LogP contribution in [-0.4, -0.2) is 47.4 Å². The Labute approximate surface area is 170 Å². The number of methoxy groups -OCH3 is 1. The molecule has 4 amide bonds. The summed E-state index contributed by atoms with van der Waals surface area (Å²) in [4.78, 5) is 55.9. The summed E-state index contributed by atoms with van der Waals surface area (Å²) >= 11 is 1.32. The highest BCUT2D eigenvalue weighted by Gasteiger charge is 2.30. The van der Waals surface area contributed by atoms with Gasteiger partial charge >= 0.3 is 6.09 Å². The van der Waals surface area contributed by atoms with Crippen molar-refractivity contribution in [3.63, 3.8) is 0 Å². The number of nitrogens with zero attached hydrogens (tertiary/aromatic N) is 3. The number of benzene rings is 1. The highest BCUT2D eigenvalue weighted by molar-refractivity contribution is 7.15. The van der Waals surface area contributed by atoms with E-state index in [2.05, 4.69) is 10.3 Å². The van der Waals surface area contributed by atoms with Crippen LogP contribution < -0.4 is 10.2 Å². The van der Waals surface area contributed by atoms with Crippen molar-refractivity contribution in [3.8, 4) is 0 Å². The van der Waals surface area contributed by atoms with Gasteiger partial charge in [-0.25, -0.2) is 9.78 Å². The van der Waals surface area contributed by atoms with Gasteiger partial charge in [0.15, 0.2) is 5.13 Å². The molecule has 2 aliphatic rings. The van der Waals surface area contributed by atoms with Crippen molar-refractivity contribution in [2.45, 2.75) is 25.8 Å². The SMILES string of the molecule is COC(=O)N1CCc2nc(NC(=O)c3ccc(N4C(=O)CCC4=O)cc3)sc2C1. The molecule has 3 heterocycles. The van der Waals surface area contributed by atoms with Gasteiger partial charge in [-0.2, -0.15) is 0 Å². The number of hydrogen-bond acceptors (Lipinski definition) is 7. The molecule has 2 aliphatic heterocycles. The summed E-state index contributed by atoms with van der Waals surface area (Å²) in [6.07, 6.45) is 0.639. The predicted octanol–water partition coefficient (Wildman–Crippen LogP) is 2.17. The molecule has 0 unspecified atom stereocenters. The Balaban J connectivity index is 1.44. The van der Waals surface area contributed by atoms with Crippen LogP contribution in [0.2, 0.25) is 0 Å². The number of fused-ring (bicyclic) bond motifs is 1. The monoisotopic (exact) mass is 414 g/mol. The molecule has 2 aromatic rings. The number of amides is 4. The van der Waals surface area contributed by atoms with Gasteiger partial charge in [-0.1, -0.05) is 11.3 Å². The molecule has 0 saturated carbocycles. The quantitative estimate of drug-likeness (QED) is 0.771. The fourth-order valence-electron chi connectivity index (χ4n) is 3.33. The third-order valence-corrected chi connectivity index (χ3v) is 5.82. The molecule has 150 valence electrons. The fourth-order valence-corrected chi connectivity index (χ4v) is 4.35. The van der Waals surface area contributed by atoms with Crippen molar-refractivity contribution in [3.05, 3.63) is 40.4 Å². The molecule has 1 fully saturated rings. The molecule has 1 N–H and O–H groups in total. The van der Waals surface area contributed by atoms with Crippen LogP contribution in [0.1, 0.15) is 33.8 Å². The summed E-state index contributed by atoms with van der Waals surface area (Å²) in [7, 11) is 1.34. The highest BCUT2D eigenvalue weighted by Crippen LogP contribution is 2.29. The number of ether oxygens (including phenoxy) is 1. The maximum atomic E-state index is 12.5. The van der Waals surface area contributed by atoms with Crippen LogP contribution in [0, 0.1) is 0 Å². The molecule has 1 aromatic heterocycles. The molecule has 0 atom stereocenters. The lowest BCUT2D eigenvalue weighted by Gasteiger charge is -2.24. The fraction of sp³-hybridized carbons (Fsp3) is 0.316. The molecular formula is C19H18N4O5S. The first-order chi connectivity index (χ1) is 14.0. The number of carbonyl (C=O) groups excluding carboxylic acids is 4. The number of imide groups is 1. The zero-order chi connectivity index (χ0) is 20.5. The number of thiazole rings is 1. The minimum absolute atomic E-state index is 0.211. The van der Waals surface area contributed by atoms with Crippen molar-refractivity contribution in [2.24, 2.45) is 0 Å². The number of anilines is 2. The minimum atomic E-state index is -0.385. The topological polar surface area (TPSA) is 109 Å². The van der Waals surface area contributed by atoms with E-state index in [0.29, 0.717) is 35.9 Å². The molecule has 4 rings (SSSR count). The molecule has 0 aliphatic carbocycles. The second-order valence-corrected chi connectivity index (χ2v) is 7.74. The Kier molecular flexibility index (Phi) is 5.01. The number of hydrogen-bond donors (Lipinski definition) is 1. The van der Waals surface area contributed by atoms with Gasteiger partial charge in [0, 0.05) is 36.2 Å². The van der Waals surface area contributed by atoms with E-state index in [1.54, 1.807) is 29.2 Å². The maximum Gasteiger partial charge on any atom is 0.409 e. The second-order valence-electron chi connectivity index (χ2n) is 6.65. The van der Waals surface area contributed by atoms with E-state index in [1.807, 2.05) is 0 Å². The normalized spacial score (nSPS) is 16.0. The average Bonchev–Trinajstić information content (AvgIpc) is 3.28. The Morgan fingerprint density at radius 1 is 1.10 bits per heavy atom. The van der Waals surface area contributed by atoms with Crippen LogP contribution in [0.4, 0.5) is 15.6 Å². The van der Waals surface area contributed by atoms with Crippen LogP contribution in [-0.2, 0) is 27.3 Å². The second kappa shape index (κ2) is 7.63. The van der Waals surface area contributed by atoms with Crippen LogP contribution in [0.3, 0.4) is 0 Å². The van der Waals surface area contributed by atoms with Crippen molar-refractivity contribution >= 4 is 46.0 Å². The smallest absolute Gasteiger partial charge is 0.409 e. The van der Waals surface area contributed by atoms with Crippen molar-refractivity contribution in [1.29, 1.82) is 0 Å². The summed E-state index contributed by atoms with van der Waals surface area (Å²) in [6.45, 7) is 0.925. The van der Waals surface area contributed by atoms with Crippen LogP contribution in [0.5, 0.6) is 0 Å². The van der Waals surface area contributed by atoms with Gasteiger partial charge in [-0.15, -0.1) is 0 Å². The Morgan fingerprint density at radius 3 is 2.45 bits per heavy atom. The highest BCUT2D eigenvalue weighted by atomic mass is 32.1. The van der Waals surface area contributed by atoms with Crippen molar-refractivity contribution < 1.29 is 23.9 Å². The van der Waals surface area contributed by atoms with E-state index in [1.165, 1.54) is 18.4 Å². The molecule has 1 saturated heterocycles. The van der Waals surface area contributed by atoms with Gasteiger partial charge in [-0.05, 0) is 24.3 Å². The molecule has 0 bridgehead atoms. The van der Waals surface area contributed by atoms with E-state index in [-0.39, 0.29) is 36.7 Å². The molecule has 9 nitrogen and oxygen atoms in total. The molecule has 0 radical (unpaired) electrons. The zero-order valence-electron chi connectivity index (χ0n) is 15.6. The van der Waals surface area contributed by atoms with Gasteiger partial charge in [0.25, 0.3) is 5.91 Å². The van der Waals surface area contributed by atoms with Crippen LogP contribution >= 0.6 is 11.3 Å². The van der Waals surface area contributed by atoms with Gasteiger partial charge in [0.05, 0.1) is 25.0 Å². The first kappa shape index (κ1) is 19.1. The zero-order valence-corrected chi connectivity index (χ0v) is 16.5. The van der Waals surface area contributed by atoms with Crippen LogP contribution in [0.25, 0.3) is 0 Å². The summed E-state index contributed by atoms with van der Waals surface area (Å²) in [6, 6.07) is 6.29. The summed E-state index contributed by atoms with van der Waals surface area (Å²) in [5, 5.41) is 3.23. The minimum Gasteiger partial charge on any atom is -0.453 e. The lowest BCUT2D eigenvalue weighted by molar-refractivity contribution is -0.121. The summed E-state index contributed by atoms with van der Waals surface area (Å²) in [5.74, 6) is -0.810. The largest absolute Gasteiger partial charge is 0.453 e. The molecule has 29 heavy (non-hydrogen) atoms. The maximum absolute atomic E-state index is 12.5. The van der Waals surface area contributed by atoms with Gasteiger partial charge in [0.1, 0.15) is 0 Å². The van der Waals surface area contributed by atoms with E-state index >= 15 is 0 Å². The van der Waals surface area contributed by atoms with Gasteiger partial charge < -0.3 is 9.64 Å². The van der Waals surface area contributed by atoms with Crippen molar-refractivity contribution in [2.75, 3.05) is 23.9 Å². The number of rotatable bonds is 3. The lowest BCUT2D eigenvalue weighted by Crippen LogP contribution is -2.35. The van der Waals surface area contributed by atoms with Crippen LogP contribution in [0.15, 0.2) is 24.3 Å². The van der Waals surface area contributed by atoms with Crippen molar-refractivity contribution in [1.82, 2.24) is 9.88 Å². The number of carbonyl (C=O) groups is 4. The molecule has 0 spiro atoms. The molecule has 10 heteroatoms. The first-order valence-corrected chi connectivity index (χ1v) is 9.86. The van der Waals surface area contributed by atoms with E-state index in [9.17, 15) is 19.2 Å². The lowest BCUT2D eigenvalue weighted by atomic mass is 10.2. The van der Waals surface area contributed by atoms with Gasteiger partial charge in [0.2, 0.25) is 11.8 Å². The third kappa shape index (κ3) is 3.70. The van der Waals surface area contributed by atoms with Gasteiger partial charge in [-0.3, -0.25) is 24.6 Å². The summed E-state index contributed by atoms with van der Waals surface area (Å²) < 4.78 is 4.75. The average molecular weight is 414 g/mol. The molecular weight excluding hydrogens is 396 g/mol. The Bertz CT molecular complexity index is 985. The van der Waals surface area contributed by atoms with E-state index < -0.39 is 0 Å². The Hall–Kier alpha value is -3.27. The number of aromatic nitrogens is 1. The van der Waals surface area contributed by atoms with E-state index in [4.69, 9.17) is 4.74 Å². The Morgan fingerprint density at radius 2 is 1.79 bits per heavy atom. The molecule has 1 aromatic carbocycles. The van der Waals surface area contributed by atoms with E-state index in [0.717, 1.165) is 15.5 Å². The third-order valence-electron chi connectivity index (χ3n) is 4.82. The number of nitrogens with one attached hydrogen (secondary N) is 1. The summed E-state index contributed by atoms with van der Waals surface area (Å²) in [5.41, 5.74) is 1.71.